The van der Waals surface area contributed by atoms with Gasteiger partial charge in [-0.05, 0) is 18.2 Å². The first-order valence-electron chi connectivity index (χ1n) is 7.18. The van der Waals surface area contributed by atoms with Crippen LogP contribution in [0.15, 0.2) is 48.4 Å². The number of H-pyrrole nitrogens is 1. The second kappa shape index (κ2) is 5.86. The molecule has 4 rings (SSSR count). The minimum absolute atomic E-state index is 0.359. The highest BCUT2D eigenvalue weighted by atomic mass is 32.1. The maximum atomic E-state index is 11.8. The van der Waals surface area contributed by atoms with E-state index in [9.17, 15) is 4.79 Å². The van der Waals surface area contributed by atoms with E-state index in [0.717, 1.165) is 32.9 Å². The van der Waals surface area contributed by atoms with Crippen LogP contribution in [0.5, 0.6) is 0 Å². The highest BCUT2D eigenvalue weighted by Crippen LogP contribution is 2.32. The molecule has 3 heterocycles. The number of thiazole rings is 1. The smallest absolute Gasteiger partial charge is 0.337 e. The number of hydrogen-bond acceptors (Lipinski definition) is 6. The van der Waals surface area contributed by atoms with Gasteiger partial charge >= 0.3 is 5.97 Å². The zero-order valence-electron chi connectivity index (χ0n) is 12.7. The molecule has 0 aliphatic carbocycles. The molecule has 0 unspecified atom stereocenters. The normalized spacial score (nSPS) is 10.9. The van der Waals surface area contributed by atoms with E-state index in [0.29, 0.717) is 5.56 Å². The highest BCUT2D eigenvalue weighted by Gasteiger charge is 2.14. The largest absolute Gasteiger partial charge is 0.465 e. The lowest BCUT2D eigenvalue weighted by molar-refractivity contribution is 0.0601. The summed E-state index contributed by atoms with van der Waals surface area (Å²) in [7, 11) is 1.37. The van der Waals surface area contributed by atoms with Gasteiger partial charge in [0.15, 0.2) is 0 Å². The molecule has 4 aromatic rings. The Labute approximate surface area is 141 Å². The quantitative estimate of drug-likeness (QED) is 0.579. The average Bonchev–Trinajstić information content (AvgIpc) is 3.28. The summed E-state index contributed by atoms with van der Waals surface area (Å²) in [5.74, 6) is -0.359. The number of methoxy groups -OCH3 is 1. The summed E-state index contributed by atoms with van der Waals surface area (Å²) in [6, 6.07) is 5.41. The van der Waals surface area contributed by atoms with Gasteiger partial charge in [0.2, 0.25) is 0 Å². The molecule has 0 amide bonds. The van der Waals surface area contributed by atoms with Crippen molar-refractivity contribution >= 4 is 28.2 Å². The number of benzene rings is 1. The fraction of sp³-hybridized carbons (Fsp3) is 0.0588. The van der Waals surface area contributed by atoms with Crippen LogP contribution in [0.1, 0.15) is 10.4 Å². The lowest BCUT2D eigenvalue weighted by Gasteiger charge is -2.00. The van der Waals surface area contributed by atoms with Crippen LogP contribution in [0, 0.1) is 0 Å². The SMILES string of the molecule is COC(=O)c1ccc2[nH]cc(-c3csc(-c4cnccn4)n3)c2c1. The maximum absolute atomic E-state index is 11.8. The van der Waals surface area contributed by atoms with Gasteiger partial charge in [-0.3, -0.25) is 9.97 Å². The van der Waals surface area contributed by atoms with Crippen LogP contribution in [0.2, 0.25) is 0 Å². The molecule has 0 radical (unpaired) electrons. The Balaban J connectivity index is 1.79. The standard InChI is InChI=1S/C17H12N4O2S/c1-23-17(22)10-2-3-13-11(6-10)12(7-20-13)15-9-24-16(21-15)14-8-18-4-5-19-14/h2-9,20H,1H3. The Morgan fingerprint density at radius 3 is 2.96 bits per heavy atom. The molecule has 3 aromatic heterocycles. The van der Waals surface area contributed by atoms with Crippen molar-refractivity contribution in [3.8, 4) is 22.0 Å². The maximum Gasteiger partial charge on any atom is 0.337 e. The number of fused-ring (bicyclic) bond motifs is 1. The van der Waals surface area contributed by atoms with Crippen LogP contribution in [0.3, 0.4) is 0 Å². The van der Waals surface area contributed by atoms with Crippen molar-refractivity contribution in [3.63, 3.8) is 0 Å². The number of rotatable bonds is 3. The Hall–Kier alpha value is -3.06. The van der Waals surface area contributed by atoms with Crippen molar-refractivity contribution in [1.82, 2.24) is 19.9 Å². The third-order valence-electron chi connectivity index (χ3n) is 3.67. The average molecular weight is 336 g/mol. The molecule has 1 N–H and O–H groups in total. The van der Waals surface area contributed by atoms with Crippen LogP contribution >= 0.6 is 11.3 Å². The number of esters is 1. The third-order valence-corrected chi connectivity index (χ3v) is 4.53. The predicted molar refractivity (Wildman–Crippen MR) is 91.8 cm³/mol. The Morgan fingerprint density at radius 2 is 2.17 bits per heavy atom. The topological polar surface area (TPSA) is 80.8 Å². The molecular weight excluding hydrogens is 324 g/mol. The number of hydrogen-bond donors (Lipinski definition) is 1. The first-order valence-corrected chi connectivity index (χ1v) is 8.06. The van der Waals surface area contributed by atoms with E-state index in [-0.39, 0.29) is 5.97 Å². The second-order valence-corrected chi connectivity index (χ2v) is 5.94. The first-order chi connectivity index (χ1) is 11.8. The molecule has 0 saturated carbocycles. The second-order valence-electron chi connectivity index (χ2n) is 5.08. The van der Waals surface area contributed by atoms with Gasteiger partial charge in [-0.25, -0.2) is 9.78 Å². The van der Waals surface area contributed by atoms with Gasteiger partial charge in [0.1, 0.15) is 10.7 Å². The van der Waals surface area contributed by atoms with Gasteiger partial charge in [-0.2, -0.15) is 0 Å². The van der Waals surface area contributed by atoms with Gasteiger partial charge in [-0.15, -0.1) is 11.3 Å². The van der Waals surface area contributed by atoms with Gasteiger partial charge in [0, 0.05) is 40.4 Å². The van der Waals surface area contributed by atoms with Crippen LogP contribution in [0.25, 0.3) is 32.9 Å². The zero-order valence-corrected chi connectivity index (χ0v) is 13.5. The molecule has 0 aliphatic rings. The summed E-state index contributed by atoms with van der Waals surface area (Å²) in [4.78, 5) is 27.9. The molecule has 0 aliphatic heterocycles. The molecule has 0 atom stereocenters. The van der Waals surface area contributed by atoms with Gasteiger partial charge in [-0.1, -0.05) is 0 Å². The van der Waals surface area contributed by atoms with Crippen molar-refractivity contribution in [3.05, 3.63) is 53.9 Å². The summed E-state index contributed by atoms with van der Waals surface area (Å²) in [5.41, 5.74) is 3.95. The monoisotopic (exact) mass is 336 g/mol. The van der Waals surface area contributed by atoms with Crippen LogP contribution in [0.4, 0.5) is 0 Å². The number of carbonyl (C=O) groups excluding carboxylic acids is 1. The molecule has 0 saturated heterocycles. The molecule has 6 nitrogen and oxygen atoms in total. The van der Waals surface area contributed by atoms with Gasteiger partial charge in [0.25, 0.3) is 0 Å². The minimum Gasteiger partial charge on any atom is -0.465 e. The lowest BCUT2D eigenvalue weighted by Crippen LogP contribution is -2.00. The number of nitrogens with zero attached hydrogens (tertiary/aromatic N) is 3. The van der Waals surface area contributed by atoms with Crippen molar-refractivity contribution in [2.75, 3.05) is 7.11 Å². The molecule has 0 fully saturated rings. The summed E-state index contributed by atoms with van der Waals surface area (Å²) >= 11 is 1.51. The Bertz CT molecular complexity index is 1020. The summed E-state index contributed by atoms with van der Waals surface area (Å²) in [6.07, 6.45) is 6.85. The van der Waals surface area contributed by atoms with E-state index >= 15 is 0 Å². The summed E-state index contributed by atoms with van der Waals surface area (Å²) < 4.78 is 4.79. The minimum atomic E-state index is -0.359. The zero-order chi connectivity index (χ0) is 16.5. The Kier molecular flexibility index (Phi) is 3.55. The van der Waals surface area contributed by atoms with Gasteiger partial charge < -0.3 is 9.72 Å². The molecule has 0 bridgehead atoms. The van der Waals surface area contributed by atoms with E-state index in [2.05, 4.69) is 19.9 Å². The first kappa shape index (κ1) is 14.5. The van der Waals surface area contributed by atoms with Crippen LogP contribution in [-0.2, 0) is 4.74 Å². The van der Waals surface area contributed by atoms with E-state index in [1.165, 1.54) is 18.4 Å². The van der Waals surface area contributed by atoms with E-state index in [1.54, 1.807) is 24.7 Å². The molecule has 0 spiro atoms. The highest BCUT2D eigenvalue weighted by molar-refractivity contribution is 7.13. The summed E-state index contributed by atoms with van der Waals surface area (Å²) in [5, 5.41) is 3.70. The fourth-order valence-electron chi connectivity index (χ4n) is 2.50. The van der Waals surface area contributed by atoms with Crippen molar-refractivity contribution < 1.29 is 9.53 Å². The van der Waals surface area contributed by atoms with E-state index < -0.39 is 0 Å². The molecule has 118 valence electrons. The molecular formula is C17H12N4O2S. The number of ether oxygens (including phenoxy) is 1. The number of carbonyl (C=O) groups is 1. The van der Waals surface area contributed by atoms with Crippen LogP contribution < -0.4 is 0 Å². The lowest BCUT2D eigenvalue weighted by atomic mass is 10.1. The number of aromatic amines is 1. The van der Waals surface area contributed by atoms with Crippen molar-refractivity contribution in [2.45, 2.75) is 0 Å². The van der Waals surface area contributed by atoms with E-state index in [4.69, 9.17) is 4.74 Å². The Morgan fingerprint density at radius 1 is 1.25 bits per heavy atom. The molecule has 7 heteroatoms. The van der Waals surface area contributed by atoms with Crippen molar-refractivity contribution in [1.29, 1.82) is 0 Å². The van der Waals surface area contributed by atoms with Crippen molar-refractivity contribution in [2.24, 2.45) is 0 Å². The fourth-order valence-corrected chi connectivity index (χ4v) is 3.28. The van der Waals surface area contributed by atoms with E-state index in [1.807, 2.05) is 23.7 Å². The molecule has 24 heavy (non-hydrogen) atoms. The third kappa shape index (κ3) is 2.44. The number of nitrogens with one attached hydrogen (secondary N) is 1. The summed E-state index contributed by atoms with van der Waals surface area (Å²) in [6.45, 7) is 0. The predicted octanol–water partition coefficient (Wildman–Crippen LogP) is 3.54. The van der Waals surface area contributed by atoms with Crippen LogP contribution in [-0.4, -0.2) is 33.0 Å². The number of aromatic nitrogens is 4. The van der Waals surface area contributed by atoms with Gasteiger partial charge in [0.05, 0.1) is 24.6 Å². The molecule has 1 aromatic carbocycles.